The maximum atomic E-state index is 11.6. The Morgan fingerprint density at radius 1 is 1.35 bits per heavy atom. The number of aromatic amines is 2. The highest BCUT2D eigenvalue weighted by Gasteiger charge is 2.12. The number of H-pyrrole nitrogens is 2. The molecule has 0 unspecified atom stereocenters. The summed E-state index contributed by atoms with van der Waals surface area (Å²) in [6.07, 6.45) is 1.75. The molecule has 0 bridgehead atoms. The molecule has 5 heteroatoms. The van der Waals surface area contributed by atoms with Crippen molar-refractivity contribution in [2.24, 2.45) is 0 Å². The van der Waals surface area contributed by atoms with Gasteiger partial charge in [0.05, 0.1) is 18.3 Å². The molecule has 0 amide bonds. The first-order chi connectivity index (χ1) is 8.29. The van der Waals surface area contributed by atoms with Crippen LogP contribution in [0.5, 0.6) is 0 Å². The third-order valence-corrected chi connectivity index (χ3v) is 2.72. The average Bonchev–Trinajstić information content (AvgIpc) is 2.94. The molecule has 17 heavy (non-hydrogen) atoms. The Morgan fingerprint density at radius 2 is 2.18 bits per heavy atom. The van der Waals surface area contributed by atoms with E-state index in [2.05, 4.69) is 15.2 Å². The number of rotatable bonds is 2. The number of benzene rings is 1. The Morgan fingerprint density at radius 3 is 3.00 bits per heavy atom. The fourth-order valence-electron chi connectivity index (χ4n) is 1.95. The van der Waals surface area contributed by atoms with Crippen LogP contribution in [0.25, 0.3) is 21.8 Å². The molecule has 3 aromatic rings. The van der Waals surface area contributed by atoms with Gasteiger partial charge < -0.3 is 9.72 Å². The van der Waals surface area contributed by atoms with Crippen LogP contribution < -0.4 is 0 Å². The minimum absolute atomic E-state index is 0.333. The van der Waals surface area contributed by atoms with Gasteiger partial charge in [-0.1, -0.05) is 0 Å². The number of hydrogen-bond acceptors (Lipinski definition) is 3. The Bertz CT molecular complexity index is 696. The van der Waals surface area contributed by atoms with Crippen LogP contribution in [0.4, 0.5) is 0 Å². The smallest absolute Gasteiger partial charge is 0.354 e. The number of carbonyl (C=O) groups is 1. The predicted molar refractivity (Wildman–Crippen MR) is 63.9 cm³/mol. The topological polar surface area (TPSA) is 70.8 Å². The third-order valence-electron chi connectivity index (χ3n) is 2.72. The normalized spacial score (nSPS) is 11.1. The first-order valence-corrected chi connectivity index (χ1v) is 5.41. The van der Waals surface area contributed by atoms with Crippen LogP contribution in [0.1, 0.15) is 17.4 Å². The van der Waals surface area contributed by atoms with Gasteiger partial charge in [-0.2, -0.15) is 5.10 Å². The van der Waals surface area contributed by atoms with Crippen LogP contribution in [-0.4, -0.2) is 27.8 Å². The van der Waals surface area contributed by atoms with Gasteiger partial charge in [-0.05, 0) is 25.1 Å². The first-order valence-electron chi connectivity index (χ1n) is 5.41. The number of aromatic nitrogens is 3. The van der Waals surface area contributed by atoms with Gasteiger partial charge in [0.15, 0.2) is 0 Å². The maximum absolute atomic E-state index is 11.6. The summed E-state index contributed by atoms with van der Waals surface area (Å²) >= 11 is 0. The summed E-state index contributed by atoms with van der Waals surface area (Å²) in [6.45, 7) is 2.16. The molecule has 0 saturated heterocycles. The number of hydrogen-bond donors (Lipinski definition) is 2. The van der Waals surface area contributed by atoms with Crippen molar-refractivity contribution in [3.05, 3.63) is 30.1 Å². The largest absolute Gasteiger partial charge is 0.461 e. The molecule has 5 nitrogen and oxygen atoms in total. The standard InChI is InChI=1S/C12H11N3O2/c1-2-17-12(16)11-5-7-8-6-13-15-10(8)4-3-9(7)14-11/h3-6,14H,2H2,1H3,(H,13,15). The van der Waals surface area contributed by atoms with Crippen molar-refractivity contribution >= 4 is 27.8 Å². The molecule has 0 atom stereocenters. The van der Waals surface area contributed by atoms with Crippen molar-refractivity contribution in [2.75, 3.05) is 6.61 Å². The number of nitrogens with zero attached hydrogens (tertiary/aromatic N) is 1. The predicted octanol–water partition coefficient (Wildman–Crippen LogP) is 2.22. The zero-order valence-electron chi connectivity index (χ0n) is 9.28. The van der Waals surface area contributed by atoms with E-state index < -0.39 is 0 Å². The second-order valence-electron chi connectivity index (χ2n) is 3.76. The highest BCUT2D eigenvalue weighted by molar-refractivity contribution is 6.07. The molecule has 0 radical (unpaired) electrons. The number of ether oxygens (including phenoxy) is 1. The van der Waals surface area contributed by atoms with Crippen molar-refractivity contribution in [1.82, 2.24) is 15.2 Å². The molecule has 0 aliphatic rings. The molecule has 3 rings (SSSR count). The highest BCUT2D eigenvalue weighted by atomic mass is 16.5. The summed E-state index contributed by atoms with van der Waals surface area (Å²) in [6, 6.07) is 5.64. The lowest BCUT2D eigenvalue weighted by Crippen LogP contribution is -2.04. The SMILES string of the molecule is CCOC(=O)c1cc2c(ccc3[nH]ncc32)[nH]1. The number of esters is 1. The highest BCUT2D eigenvalue weighted by Crippen LogP contribution is 2.24. The van der Waals surface area contributed by atoms with E-state index in [9.17, 15) is 4.79 Å². The molecule has 86 valence electrons. The molecular weight excluding hydrogens is 218 g/mol. The minimum Gasteiger partial charge on any atom is -0.461 e. The van der Waals surface area contributed by atoms with Gasteiger partial charge >= 0.3 is 5.97 Å². The second kappa shape index (κ2) is 3.62. The summed E-state index contributed by atoms with van der Waals surface area (Å²) in [5.41, 5.74) is 2.32. The van der Waals surface area contributed by atoms with Crippen LogP contribution in [0.3, 0.4) is 0 Å². The number of carbonyl (C=O) groups excluding carboxylic acids is 1. The molecule has 0 saturated carbocycles. The van der Waals surface area contributed by atoms with Gasteiger partial charge in [0.1, 0.15) is 5.69 Å². The molecule has 0 aliphatic carbocycles. The second-order valence-corrected chi connectivity index (χ2v) is 3.76. The van der Waals surface area contributed by atoms with E-state index in [-0.39, 0.29) is 5.97 Å². The number of fused-ring (bicyclic) bond motifs is 3. The Kier molecular flexibility index (Phi) is 2.11. The van der Waals surface area contributed by atoms with Crippen molar-refractivity contribution in [3.63, 3.8) is 0 Å². The van der Waals surface area contributed by atoms with Gasteiger partial charge in [0.2, 0.25) is 0 Å². The van der Waals surface area contributed by atoms with Crippen LogP contribution >= 0.6 is 0 Å². The van der Waals surface area contributed by atoms with Crippen LogP contribution in [0.15, 0.2) is 24.4 Å². The van der Waals surface area contributed by atoms with Crippen molar-refractivity contribution in [3.8, 4) is 0 Å². The Balaban J connectivity index is 2.20. The zero-order chi connectivity index (χ0) is 11.8. The van der Waals surface area contributed by atoms with E-state index in [0.717, 1.165) is 21.8 Å². The molecule has 1 aromatic carbocycles. The van der Waals surface area contributed by atoms with E-state index in [4.69, 9.17) is 4.74 Å². The van der Waals surface area contributed by atoms with Crippen LogP contribution in [0, 0.1) is 0 Å². The zero-order valence-corrected chi connectivity index (χ0v) is 9.28. The van der Waals surface area contributed by atoms with Gasteiger partial charge in [0, 0.05) is 16.3 Å². The summed E-state index contributed by atoms with van der Waals surface area (Å²) in [4.78, 5) is 14.7. The molecule has 2 heterocycles. The van der Waals surface area contributed by atoms with E-state index >= 15 is 0 Å². The molecule has 0 aliphatic heterocycles. The summed E-state index contributed by atoms with van der Waals surface area (Å²) < 4.78 is 4.96. The Hall–Kier alpha value is -2.30. The lowest BCUT2D eigenvalue weighted by Gasteiger charge is -1.96. The van der Waals surface area contributed by atoms with E-state index in [1.54, 1.807) is 19.2 Å². The van der Waals surface area contributed by atoms with E-state index in [0.29, 0.717) is 12.3 Å². The van der Waals surface area contributed by atoms with E-state index in [1.165, 1.54) is 0 Å². The molecule has 2 aromatic heterocycles. The maximum Gasteiger partial charge on any atom is 0.354 e. The lowest BCUT2D eigenvalue weighted by atomic mass is 10.2. The lowest BCUT2D eigenvalue weighted by molar-refractivity contribution is 0.0520. The molecule has 2 N–H and O–H groups in total. The van der Waals surface area contributed by atoms with Crippen LogP contribution in [-0.2, 0) is 4.74 Å². The average molecular weight is 229 g/mol. The van der Waals surface area contributed by atoms with Crippen LogP contribution in [0.2, 0.25) is 0 Å². The van der Waals surface area contributed by atoms with Gasteiger partial charge in [-0.15, -0.1) is 0 Å². The van der Waals surface area contributed by atoms with Gasteiger partial charge in [0.25, 0.3) is 0 Å². The van der Waals surface area contributed by atoms with Gasteiger partial charge in [-0.3, -0.25) is 5.10 Å². The first kappa shape index (κ1) is 9.89. The van der Waals surface area contributed by atoms with Crippen molar-refractivity contribution in [2.45, 2.75) is 6.92 Å². The third kappa shape index (κ3) is 1.47. The van der Waals surface area contributed by atoms with Crippen molar-refractivity contribution < 1.29 is 9.53 Å². The Labute approximate surface area is 96.8 Å². The van der Waals surface area contributed by atoms with E-state index in [1.807, 2.05) is 12.1 Å². The fraction of sp³-hybridized carbons (Fsp3) is 0.167. The summed E-state index contributed by atoms with van der Waals surface area (Å²) in [5, 5.41) is 8.85. The minimum atomic E-state index is -0.333. The number of nitrogens with one attached hydrogen (secondary N) is 2. The monoisotopic (exact) mass is 229 g/mol. The van der Waals surface area contributed by atoms with Crippen molar-refractivity contribution in [1.29, 1.82) is 0 Å². The summed E-state index contributed by atoms with van der Waals surface area (Å²) in [7, 11) is 0. The molecule has 0 fully saturated rings. The summed E-state index contributed by atoms with van der Waals surface area (Å²) in [5.74, 6) is -0.333. The van der Waals surface area contributed by atoms with Gasteiger partial charge in [-0.25, -0.2) is 4.79 Å². The molecule has 0 spiro atoms. The quantitative estimate of drug-likeness (QED) is 0.662. The fourth-order valence-corrected chi connectivity index (χ4v) is 1.95. The molecular formula is C12H11N3O2.